The number of hydrogen-bond donors (Lipinski definition) is 0. The van der Waals surface area contributed by atoms with Crippen molar-refractivity contribution in [3.8, 4) is 34.2 Å². The van der Waals surface area contributed by atoms with Crippen molar-refractivity contribution in [2.75, 3.05) is 0 Å². The standard InChI is InChI=1S/3C10H8N2.4ClH.6H2O.Ru/c3*1-3-7-11-9(5-1)10-6-2-4-8-12-10;;;;;;;;;;;/h3*1-8H;4*1H;6*1H2;/q;;;;;;;;;;;;;+4/p-4. The molecule has 6 aromatic heterocycles. The molecule has 12 nitrogen and oxygen atoms in total. The molecular formula is C30H36Cl4N6O6Ru. The zero-order chi connectivity index (χ0) is 24.7. The van der Waals surface area contributed by atoms with Crippen molar-refractivity contribution in [2.45, 2.75) is 0 Å². The van der Waals surface area contributed by atoms with Gasteiger partial charge in [0.25, 0.3) is 0 Å². The first-order chi connectivity index (χ1) is 17.9. The van der Waals surface area contributed by atoms with E-state index >= 15 is 0 Å². The third-order valence-corrected chi connectivity index (χ3v) is 4.78. The molecule has 0 unspecified atom stereocenters. The Kier molecular flexibility index (Phi) is 48.9. The van der Waals surface area contributed by atoms with Gasteiger partial charge in [-0.2, -0.15) is 0 Å². The van der Waals surface area contributed by atoms with Crippen LogP contribution in [0.5, 0.6) is 0 Å². The smallest absolute Gasteiger partial charge is 1.00 e. The summed E-state index contributed by atoms with van der Waals surface area (Å²) in [7, 11) is 0. The Morgan fingerprint density at radius 3 is 0.447 bits per heavy atom. The van der Waals surface area contributed by atoms with Crippen LogP contribution in [0.15, 0.2) is 146 Å². The predicted octanol–water partition coefficient (Wildman–Crippen LogP) is -10.5. The average Bonchev–Trinajstić information content (AvgIpc) is 3.01. The monoisotopic (exact) mass is 818 g/mol. The van der Waals surface area contributed by atoms with Gasteiger partial charge in [-0.3, -0.25) is 29.9 Å². The molecule has 0 spiro atoms. The summed E-state index contributed by atoms with van der Waals surface area (Å²) in [6.07, 6.45) is 10.6. The van der Waals surface area contributed by atoms with Crippen molar-refractivity contribution in [3.05, 3.63) is 146 Å². The summed E-state index contributed by atoms with van der Waals surface area (Å²) < 4.78 is 0. The fourth-order valence-corrected chi connectivity index (χ4v) is 3.09. The van der Waals surface area contributed by atoms with E-state index in [2.05, 4.69) is 29.9 Å². The van der Waals surface area contributed by atoms with E-state index in [9.17, 15) is 0 Å². The molecular weight excluding hydrogens is 783 g/mol. The van der Waals surface area contributed by atoms with Gasteiger partial charge in [-0.15, -0.1) is 0 Å². The van der Waals surface area contributed by atoms with Crippen molar-refractivity contribution < 1.29 is 102 Å². The fraction of sp³-hybridized carbons (Fsp3) is 0. The van der Waals surface area contributed by atoms with Crippen molar-refractivity contribution in [3.63, 3.8) is 0 Å². The number of aromatic nitrogens is 6. The normalized spacial score (nSPS) is 7.40. The Bertz CT molecular complexity index is 1150. The van der Waals surface area contributed by atoms with Gasteiger partial charge in [-0.1, -0.05) is 36.4 Å². The Morgan fingerprint density at radius 2 is 0.362 bits per heavy atom. The number of hydrogen-bond acceptors (Lipinski definition) is 6. The van der Waals surface area contributed by atoms with Gasteiger partial charge >= 0.3 is 19.5 Å². The first-order valence-corrected chi connectivity index (χ1v) is 11.4. The van der Waals surface area contributed by atoms with Crippen LogP contribution >= 0.6 is 0 Å². The van der Waals surface area contributed by atoms with E-state index in [0.717, 1.165) is 34.2 Å². The van der Waals surface area contributed by atoms with Crippen LogP contribution in [-0.2, 0) is 19.5 Å². The number of nitrogens with zero attached hydrogens (tertiary/aromatic N) is 6. The summed E-state index contributed by atoms with van der Waals surface area (Å²) in [6, 6.07) is 34.8. The van der Waals surface area contributed by atoms with Crippen LogP contribution in [0.25, 0.3) is 34.2 Å². The van der Waals surface area contributed by atoms with Crippen LogP contribution in [-0.4, -0.2) is 62.8 Å². The molecule has 0 atom stereocenters. The van der Waals surface area contributed by atoms with Crippen molar-refractivity contribution >= 4 is 0 Å². The van der Waals surface area contributed by atoms with Gasteiger partial charge in [-0.05, 0) is 72.8 Å². The van der Waals surface area contributed by atoms with E-state index in [0.29, 0.717) is 0 Å². The summed E-state index contributed by atoms with van der Waals surface area (Å²) in [4.78, 5) is 25.1. The Labute approximate surface area is 310 Å². The minimum Gasteiger partial charge on any atom is -1.00 e. The SMILES string of the molecule is O.O.O.O.O.O.[Cl-].[Cl-].[Cl-].[Cl-].[Ru+4].c1ccc(-c2ccccn2)nc1.c1ccc(-c2ccccn2)nc1.c1ccc(-c2ccccn2)nc1. The Morgan fingerprint density at radius 1 is 0.234 bits per heavy atom. The average molecular weight is 820 g/mol. The van der Waals surface area contributed by atoms with Crippen molar-refractivity contribution in [1.29, 1.82) is 0 Å². The molecule has 0 aliphatic carbocycles. The molecule has 0 amide bonds. The molecule has 0 aromatic carbocycles. The van der Waals surface area contributed by atoms with E-state index in [1.54, 1.807) is 37.2 Å². The molecule has 0 bridgehead atoms. The van der Waals surface area contributed by atoms with Gasteiger partial charge in [0.1, 0.15) is 0 Å². The molecule has 17 heteroatoms. The number of pyridine rings is 6. The quantitative estimate of drug-likeness (QED) is 0.156. The third-order valence-electron chi connectivity index (χ3n) is 4.78. The van der Waals surface area contributed by atoms with E-state index in [1.165, 1.54) is 0 Å². The maximum atomic E-state index is 4.19. The van der Waals surface area contributed by atoms with E-state index in [-0.39, 0.29) is 102 Å². The molecule has 258 valence electrons. The van der Waals surface area contributed by atoms with Crippen LogP contribution in [0.3, 0.4) is 0 Å². The van der Waals surface area contributed by atoms with E-state index in [4.69, 9.17) is 0 Å². The predicted molar refractivity (Wildman–Crippen MR) is 164 cm³/mol. The molecule has 6 aromatic rings. The summed E-state index contributed by atoms with van der Waals surface area (Å²) in [5, 5.41) is 0. The first kappa shape index (κ1) is 62.3. The molecule has 0 saturated carbocycles. The van der Waals surface area contributed by atoms with Crippen LogP contribution in [0.1, 0.15) is 0 Å². The van der Waals surface area contributed by atoms with Gasteiger partial charge in [0, 0.05) is 37.2 Å². The van der Waals surface area contributed by atoms with Crippen LogP contribution < -0.4 is 49.6 Å². The molecule has 0 fully saturated rings. The zero-order valence-corrected chi connectivity index (χ0v) is 29.2. The topological polar surface area (TPSA) is 266 Å². The van der Waals surface area contributed by atoms with Crippen molar-refractivity contribution in [2.24, 2.45) is 0 Å². The first-order valence-electron chi connectivity index (χ1n) is 11.4. The molecule has 12 N–H and O–H groups in total. The molecule has 6 heterocycles. The van der Waals surface area contributed by atoms with Crippen LogP contribution in [0, 0.1) is 0 Å². The molecule has 0 radical (unpaired) electrons. The van der Waals surface area contributed by atoms with Gasteiger partial charge in [0.05, 0.1) is 34.2 Å². The second kappa shape index (κ2) is 36.9. The molecule has 0 aliphatic heterocycles. The number of halogens is 4. The Balaban J connectivity index is -0.0000000724. The maximum Gasteiger partial charge on any atom is 4.00 e. The largest absolute Gasteiger partial charge is 4.00 e. The summed E-state index contributed by atoms with van der Waals surface area (Å²) >= 11 is 0. The zero-order valence-electron chi connectivity index (χ0n) is 24.4. The Hall–Kier alpha value is -3.56. The van der Waals surface area contributed by atoms with Gasteiger partial charge in [0.2, 0.25) is 0 Å². The van der Waals surface area contributed by atoms with Crippen LogP contribution in [0.4, 0.5) is 0 Å². The second-order valence-electron chi connectivity index (χ2n) is 7.29. The van der Waals surface area contributed by atoms with Crippen molar-refractivity contribution in [1.82, 2.24) is 29.9 Å². The molecule has 0 saturated heterocycles. The fourth-order valence-electron chi connectivity index (χ4n) is 3.09. The van der Waals surface area contributed by atoms with Gasteiger partial charge < -0.3 is 82.5 Å². The third kappa shape index (κ3) is 21.8. The number of rotatable bonds is 3. The minimum absolute atomic E-state index is 0. The van der Waals surface area contributed by atoms with Gasteiger partial charge in [0.15, 0.2) is 0 Å². The molecule has 47 heavy (non-hydrogen) atoms. The molecule has 0 aliphatic rings. The summed E-state index contributed by atoms with van der Waals surface area (Å²) in [6.45, 7) is 0. The van der Waals surface area contributed by atoms with E-state index < -0.39 is 0 Å². The minimum atomic E-state index is 0. The molecule has 6 rings (SSSR count). The summed E-state index contributed by atoms with van der Waals surface area (Å²) in [5.41, 5.74) is 5.49. The van der Waals surface area contributed by atoms with E-state index in [1.807, 2.05) is 109 Å². The second-order valence-corrected chi connectivity index (χ2v) is 7.29. The summed E-state index contributed by atoms with van der Waals surface area (Å²) in [5.74, 6) is 0. The maximum absolute atomic E-state index is 4.19. The van der Waals surface area contributed by atoms with Gasteiger partial charge in [-0.25, -0.2) is 0 Å². The van der Waals surface area contributed by atoms with Crippen LogP contribution in [0.2, 0.25) is 0 Å².